The third-order valence-corrected chi connectivity index (χ3v) is 5.61. The molecule has 0 bridgehead atoms. The van der Waals surface area contributed by atoms with Gasteiger partial charge in [-0.3, -0.25) is 4.79 Å². The average Bonchev–Trinajstić information content (AvgIpc) is 2.91. The van der Waals surface area contributed by atoms with Gasteiger partial charge in [0.1, 0.15) is 18.1 Å². The summed E-state index contributed by atoms with van der Waals surface area (Å²) in [5.41, 5.74) is 2.79. The van der Waals surface area contributed by atoms with Crippen molar-refractivity contribution in [2.75, 3.05) is 5.32 Å². The van der Waals surface area contributed by atoms with E-state index in [0.717, 1.165) is 28.7 Å². The minimum atomic E-state index is -4.93. The number of fused-ring (bicyclic) bond motifs is 1. The second kappa shape index (κ2) is 11.5. The Morgan fingerprint density at radius 1 is 1.05 bits per heavy atom. The molecule has 0 aliphatic heterocycles. The van der Waals surface area contributed by atoms with E-state index in [4.69, 9.17) is 10.00 Å². The zero-order chi connectivity index (χ0) is 27.1. The van der Waals surface area contributed by atoms with Crippen molar-refractivity contribution >= 4 is 22.5 Å². The van der Waals surface area contributed by atoms with E-state index in [1.165, 1.54) is 6.07 Å². The van der Waals surface area contributed by atoms with Crippen LogP contribution in [0.5, 0.6) is 11.5 Å². The summed E-state index contributed by atoms with van der Waals surface area (Å²) in [4.78, 5) is 16.6. The first-order valence-electron chi connectivity index (χ1n) is 11.6. The fourth-order valence-electron chi connectivity index (χ4n) is 3.96. The predicted octanol–water partition coefficient (Wildman–Crippen LogP) is 6.96. The van der Waals surface area contributed by atoms with Gasteiger partial charge in [0.2, 0.25) is 5.91 Å². The van der Waals surface area contributed by atoms with Crippen molar-refractivity contribution in [1.82, 2.24) is 4.98 Å². The molecule has 192 valence electrons. The number of pyridine rings is 1. The van der Waals surface area contributed by atoms with E-state index < -0.39 is 18.0 Å². The van der Waals surface area contributed by atoms with Crippen molar-refractivity contribution in [3.8, 4) is 28.7 Å². The predicted molar refractivity (Wildman–Crippen MR) is 137 cm³/mol. The molecule has 3 aromatic carbocycles. The van der Waals surface area contributed by atoms with E-state index in [0.29, 0.717) is 16.9 Å². The Morgan fingerprint density at radius 2 is 1.82 bits per heavy atom. The number of carbonyl (C=O) groups is 1. The van der Waals surface area contributed by atoms with E-state index >= 15 is 0 Å². The molecule has 1 N–H and O–H groups in total. The maximum Gasteiger partial charge on any atom is 0.573 e. The minimum Gasteiger partial charge on any atom is -0.487 e. The summed E-state index contributed by atoms with van der Waals surface area (Å²) in [5, 5.41) is 12.7. The molecule has 0 aliphatic carbocycles. The summed E-state index contributed by atoms with van der Waals surface area (Å²) in [5.74, 6) is -0.464. The minimum absolute atomic E-state index is 0.0269. The summed E-state index contributed by atoms with van der Waals surface area (Å²) in [6.45, 7) is 3.64. The van der Waals surface area contributed by atoms with Crippen LogP contribution in [-0.4, -0.2) is 17.3 Å². The molecule has 38 heavy (non-hydrogen) atoms. The van der Waals surface area contributed by atoms with Crippen LogP contribution in [0.3, 0.4) is 0 Å². The first-order valence-corrected chi connectivity index (χ1v) is 11.6. The van der Waals surface area contributed by atoms with Gasteiger partial charge in [0.25, 0.3) is 0 Å². The van der Waals surface area contributed by atoms with E-state index in [9.17, 15) is 18.0 Å². The molecule has 1 aromatic heterocycles. The monoisotopic (exact) mass is 517 g/mol. The fourth-order valence-corrected chi connectivity index (χ4v) is 3.96. The number of rotatable bonds is 9. The van der Waals surface area contributed by atoms with E-state index in [1.807, 2.05) is 42.5 Å². The topological polar surface area (TPSA) is 84.2 Å². The van der Waals surface area contributed by atoms with Crippen LogP contribution in [0, 0.1) is 11.3 Å². The van der Waals surface area contributed by atoms with Crippen LogP contribution < -0.4 is 14.8 Å². The molecule has 0 fully saturated rings. The van der Waals surface area contributed by atoms with Gasteiger partial charge in [-0.1, -0.05) is 43.0 Å². The third kappa shape index (κ3) is 6.48. The van der Waals surface area contributed by atoms with Crippen LogP contribution in [0.2, 0.25) is 0 Å². The summed E-state index contributed by atoms with van der Waals surface area (Å²) < 4.78 is 49.5. The van der Waals surface area contributed by atoms with E-state index in [1.54, 1.807) is 24.3 Å². The summed E-state index contributed by atoms with van der Waals surface area (Å²) in [7, 11) is 0. The van der Waals surface area contributed by atoms with Gasteiger partial charge in [-0.25, -0.2) is 4.98 Å². The summed E-state index contributed by atoms with van der Waals surface area (Å²) in [6, 6.07) is 22.6. The standard InChI is InChI=1S/C29H22F3N3O3/c1-2-27(36)35-25-15-16-26(38-29(30,31)32)23(7-5-17-33)28(25)20-10-13-22(14-11-20)37-18-21-12-9-19-6-3-4-8-24(19)34-21/h2-4,6,8-16H,1,5,7,18H2,(H,35,36). The van der Waals surface area contributed by atoms with Gasteiger partial charge >= 0.3 is 6.36 Å². The number of para-hydroxylation sites is 1. The maximum absolute atomic E-state index is 13.1. The van der Waals surface area contributed by atoms with Gasteiger partial charge in [-0.15, -0.1) is 13.2 Å². The molecule has 6 nitrogen and oxygen atoms in total. The molecular weight excluding hydrogens is 495 g/mol. The van der Waals surface area contributed by atoms with Gasteiger partial charge in [0.05, 0.1) is 17.3 Å². The number of halogens is 3. The molecular formula is C29H22F3N3O3. The van der Waals surface area contributed by atoms with Gasteiger partial charge in [-0.05, 0) is 54.5 Å². The molecule has 0 spiro atoms. The molecule has 9 heteroatoms. The first-order chi connectivity index (χ1) is 18.3. The molecule has 0 radical (unpaired) electrons. The van der Waals surface area contributed by atoms with Crippen LogP contribution in [0.4, 0.5) is 18.9 Å². The molecule has 4 aromatic rings. The molecule has 4 rings (SSSR count). The lowest BCUT2D eigenvalue weighted by Gasteiger charge is -2.20. The van der Waals surface area contributed by atoms with Crippen LogP contribution in [0.25, 0.3) is 22.0 Å². The zero-order valence-electron chi connectivity index (χ0n) is 20.1. The van der Waals surface area contributed by atoms with Crippen molar-refractivity contribution in [1.29, 1.82) is 5.26 Å². The normalized spacial score (nSPS) is 11.0. The Morgan fingerprint density at radius 3 is 2.53 bits per heavy atom. The number of hydrogen-bond acceptors (Lipinski definition) is 5. The smallest absolute Gasteiger partial charge is 0.487 e. The largest absolute Gasteiger partial charge is 0.573 e. The lowest BCUT2D eigenvalue weighted by atomic mass is 9.93. The van der Waals surface area contributed by atoms with Crippen molar-refractivity contribution in [3.05, 3.63) is 96.7 Å². The molecule has 0 aliphatic rings. The Bertz CT molecular complexity index is 1510. The first kappa shape index (κ1) is 26.2. The second-order valence-corrected chi connectivity index (χ2v) is 8.17. The van der Waals surface area contributed by atoms with Crippen molar-refractivity contribution in [2.45, 2.75) is 25.8 Å². The molecule has 0 saturated carbocycles. The summed E-state index contributed by atoms with van der Waals surface area (Å²) >= 11 is 0. The number of amides is 1. The Kier molecular flexibility index (Phi) is 7.92. The maximum atomic E-state index is 13.1. The van der Waals surface area contributed by atoms with E-state index in [2.05, 4.69) is 21.6 Å². The van der Waals surface area contributed by atoms with Crippen LogP contribution >= 0.6 is 0 Å². The fraction of sp³-hybridized carbons (Fsp3) is 0.138. The molecule has 0 atom stereocenters. The quantitative estimate of drug-likeness (QED) is 0.243. The lowest BCUT2D eigenvalue weighted by Crippen LogP contribution is -2.19. The van der Waals surface area contributed by atoms with Crippen molar-refractivity contribution < 1.29 is 27.4 Å². The number of nitriles is 1. The molecule has 0 unspecified atom stereocenters. The number of hydrogen-bond donors (Lipinski definition) is 1. The van der Waals surface area contributed by atoms with Gasteiger partial charge in [0.15, 0.2) is 0 Å². The summed E-state index contributed by atoms with van der Waals surface area (Å²) in [6.07, 6.45) is -3.96. The number of aromatic nitrogens is 1. The van der Waals surface area contributed by atoms with Crippen molar-refractivity contribution in [2.24, 2.45) is 0 Å². The van der Waals surface area contributed by atoms with Gasteiger partial charge in [-0.2, -0.15) is 5.26 Å². The Labute approximate surface area is 217 Å². The highest BCUT2D eigenvalue weighted by molar-refractivity contribution is 6.02. The lowest BCUT2D eigenvalue weighted by molar-refractivity contribution is -0.274. The molecule has 1 heterocycles. The third-order valence-electron chi connectivity index (χ3n) is 5.61. The SMILES string of the molecule is C=CC(=O)Nc1ccc(OC(F)(F)F)c(CCC#N)c1-c1ccc(OCc2ccc3ccccc3n2)cc1. The number of benzene rings is 3. The number of anilines is 1. The van der Waals surface area contributed by atoms with Gasteiger partial charge < -0.3 is 14.8 Å². The molecule has 0 saturated heterocycles. The number of nitrogens with one attached hydrogen (secondary N) is 1. The zero-order valence-corrected chi connectivity index (χ0v) is 20.1. The number of nitrogens with zero attached hydrogens (tertiary/aromatic N) is 2. The highest BCUT2D eigenvalue weighted by Crippen LogP contribution is 2.40. The Balaban J connectivity index is 1.66. The van der Waals surface area contributed by atoms with Crippen LogP contribution in [0.15, 0.2) is 85.5 Å². The number of ether oxygens (including phenoxy) is 2. The van der Waals surface area contributed by atoms with Crippen molar-refractivity contribution in [3.63, 3.8) is 0 Å². The number of carbonyl (C=O) groups excluding carboxylic acids is 1. The van der Waals surface area contributed by atoms with Crippen LogP contribution in [-0.2, 0) is 17.8 Å². The second-order valence-electron chi connectivity index (χ2n) is 8.17. The highest BCUT2D eigenvalue weighted by atomic mass is 19.4. The highest BCUT2D eigenvalue weighted by Gasteiger charge is 2.33. The Hall–Kier alpha value is -4.84. The number of alkyl halides is 3. The molecule has 1 amide bonds. The average molecular weight is 518 g/mol. The van der Waals surface area contributed by atoms with E-state index in [-0.39, 0.29) is 30.7 Å². The van der Waals surface area contributed by atoms with Crippen LogP contribution in [0.1, 0.15) is 17.7 Å². The van der Waals surface area contributed by atoms with Gasteiger partial charge in [0, 0.05) is 28.6 Å².